The van der Waals surface area contributed by atoms with Crippen LogP contribution in [0.1, 0.15) is 71.6 Å². The Balaban J connectivity index is 0.00000242. The van der Waals surface area contributed by atoms with E-state index in [9.17, 15) is 4.79 Å². The molecule has 4 heteroatoms. The number of carbonyl (C=O) groups excluding carboxylic acids is 1. The predicted molar refractivity (Wildman–Crippen MR) is 93.5 cm³/mol. The zero-order chi connectivity index (χ0) is 15.1. The molecule has 0 spiro atoms. The lowest BCUT2D eigenvalue weighted by atomic mass is 9.67. The molecule has 2 rings (SSSR count). The van der Waals surface area contributed by atoms with E-state index in [1.165, 1.54) is 44.9 Å². The van der Waals surface area contributed by atoms with E-state index >= 15 is 0 Å². The van der Waals surface area contributed by atoms with Crippen LogP contribution in [0.2, 0.25) is 0 Å². The summed E-state index contributed by atoms with van der Waals surface area (Å²) in [4.78, 5) is 15.1. The first kappa shape index (κ1) is 19.8. The number of esters is 1. The molecule has 2 aliphatic rings. The third-order valence-electron chi connectivity index (χ3n) is 5.82. The van der Waals surface area contributed by atoms with Gasteiger partial charge < -0.3 is 9.64 Å². The highest BCUT2D eigenvalue weighted by Crippen LogP contribution is 2.50. The average Bonchev–Trinajstić information content (AvgIpc) is 3.03. The fourth-order valence-electron chi connectivity index (χ4n) is 4.39. The highest BCUT2D eigenvalue weighted by molar-refractivity contribution is 5.85. The Morgan fingerprint density at radius 1 is 1.05 bits per heavy atom. The molecular weight excluding hydrogens is 298 g/mol. The van der Waals surface area contributed by atoms with E-state index in [0.29, 0.717) is 12.5 Å². The number of carbonyl (C=O) groups is 1. The van der Waals surface area contributed by atoms with Gasteiger partial charge in [-0.1, -0.05) is 46.0 Å². The highest BCUT2D eigenvalue weighted by atomic mass is 35.5. The first-order valence-corrected chi connectivity index (χ1v) is 9.12. The van der Waals surface area contributed by atoms with E-state index in [4.69, 9.17) is 4.74 Å². The molecule has 0 aromatic carbocycles. The first-order valence-electron chi connectivity index (χ1n) is 9.12. The van der Waals surface area contributed by atoms with Crippen molar-refractivity contribution < 1.29 is 9.53 Å². The van der Waals surface area contributed by atoms with Gasteiger partial charge in [0.25, 0.3) is 0 Å². The lowest BCUT2D eigenvalue weighted by Crippen LogP contribution is -2.40. The van der Waals surface area contributed by atoms with Gasteiger partial charge in [-0.3, -0.25) is 4.79 Å². The fourth-order valence-corrected chi connectivity index (χ4v) is 4.39. The number of nitrogens with zero attached hydrogens (tertiary/aromatic N) is 1. The van der Waals surface area contributed by atoms with Crippen molar-refractivity contribution in [3.63, 3.8) is 0 Å². The molecule has 130 valence electrons. The van der Waals surface area contributed by atoms with Crippen LogP contribution in [-0.2, 0) is 9.53 Å². The smallest absolute Gasteiger partial charge is 0.312 e. The quantitative estimate of drug-likeness (QED) is 0.646. The minimum absolute atomic E-state index is 0. The maximum absolute atomic E-state index is 12.8. The summed E-state index contributed by atoms with van der Waals surface area (Å²) in [6, 6.07) is 0. The van der Waals surface area contributed by atoms with E-state index in [2.05, 4.69) is 18.7 Å². The van der Waals surface area contributed by atoms with Crippen molar-refractivity contribution >= 4 is 18.4 Å². The Morgan fingerprint density at radius 3 is 2.18 bits per heavy atom. The van der Waals surface area contributed by atoms with Crippen molar-refractivity contribution in [1.29, 1.82) is 0 Å². The molecule has 22 heavy (non-hydrogen) atoms. The number of hydrogen-bond acceptors (Lipinski definition) is 3. The Bertz CT molecular complexity index is 319. The molecule has 0 radical (unpaired) electrons. The van der Waals surface area contributed by atoms with Gasteiger partial charge in [0.05, 0.1) is 5.41 Å². The van der Waals surface area contributed by atoms with Crippen LogP contribution in [0.3, 0.4) is 0 Å². The molecule has 0 aromatic rings. The Morgan fingerprint density at radius 2 is 1.64 bits per heavy atom. The van der Waals surface area contributed by atoms with Crippen molar-refractivity contribution in [3.05, 3.63) is 0 Å². The topological polar surface area (TPSA) is 29.5 Å². The van der Waals surface area contributed by atoms with Crippen molar-refractivity contribution in [3.8, 4) is 0 Å². The molecule has 0 heterocycles. The van der Waals surface area contributed by atoms with Gasteiger partial charge in [0.1, 0.15) is 6.61 Å². The van der Waals surface area contributed by atoms with E-state index in [0.717, 1.165) is 32.5 Å². The summed E-state index contributed by atoms with van der Waals surface area (Å²) < 4.78 is 5.74. The van der Waals surface area contributed by atoms with Crippen LogP contribution in [0, 0.1) is 11.3 Å². The van der Waals surface area contributed by atoms with Crippen LogP contribution in [0.15, 0.2) is 0 Å². The van der Waals surface area contributed by atoms with Gasteiger partial charge in [-0.25, -0.2) is 0 Å². The fraction of sp³-hybridized carbons (Fsp3) is 0.944. The molecule has 0 aliphatic heterocycles. The Kier molecular flexibility index (Phi) is 8.78. The summed E-state index contributed by atoms with van der Waals surface area (Å²) >= 11 is 0. The summed E-state index contributed by atoms with van der Waals surface area (Å²) in [7, 11) is 0. The molecule has 0 atom stereocenters. The van der Waals surface area contributed by atoms with Crippen molar-refractivity contribution in [2.24, 2.45) is 11.3 Å². The third-order valence-corrected chi connectivity index (χ3v) is 5.82. The van der Waals surface area contributed by atoms with E-state index in [-0.39, 0.29) is 23.8 Å². The lowest BCUT2D eigenvalue weighted by Gasteiger charge is -2.37. The summed E-state index contributed by atoms with van der Waals surface area (Å²) in [5.41, 5.74) is -0.121. The SMILES string of the molecule is CCN(CC)CCOC(=O)C1(C2CCCCC2)CCCC1.Cl. The van der Waals surface area contributed by atoms with Gasteiger partial charge >= 0.3 is 5.97 Å². The van der Waals surface area contributed by atoms with E-state index in [1.54, 1.807) is 0 Å². The number of rotatable bonds is 7. The maximum Gasteiger partial charge on any atom is 0.312 e. The molecule has 2 saturated carbocycles. The van der Waals surface area contributed by atoms with Gasteiger partial charge in [0.15, 0.2) is 0 Å². The van der Waals surface area contributed by atoms with Gasteiger partial charge in [0, 0.05) is 6.54 Å². The molecule has 2 fully saturated rings. The summed E-state index contributed by atoms with van der Waals surface area (Å²) in [6.07, 6.45) is 11.0. The van der Waals surface area contributed by atoms with E-state index in [1.807, 2.05) is 0 Å². The minimum Gasteiger partial charge on any atom is -0.464 e. The Hall–Kier alpha value is -0.280. The third kappa shape index (κ3) is 4.61. The highest BCUT2D eigenvalue weighted by Gasteiger charge is 2.48. The molecule has 3 nitrogen and oxygen atoms in total. The number of likely N-dealkylation sites (N-methyl/N-ethyl adjacent to an activating group) is 1. The molecule has 0 saturated heterocycles. The largest absolute Gasteiger partial charge is 0.464 e. The van der Waals surface area contributed by atoms with Crippen LogP contribution in [-0.4, -0.2) is 37.1 Å². The van der Waals surface area contributed by atoms with Crippen LogP contribution in [0.4, 0.5) is 0 Å². The Labute approximate surface area is 142 Å². The van der Waals surface area contributed by atoms with Gasteiger partial charge in [-0.05, 0) is 44.7 Å². The average molecular weight is 332 g/mol. The van der Waals surface area contributed by atoms with Crippen LogP contribution < -0.4 is 0 Å². The van der Waals surface area contributed by atoms with Crippen LogP contribution in [0.5, 0.6) is 0 Å². The van der Waals surface area contributed by atoms with Gasteiger partial charge in [-0.2, -0.15) is 0 Å². The molecular formula is C18H34ClNO2. The van der Waals surface area contributed by atoms with Crippen molar-refractivity contribution in [1.82, 2.24) is 4.90 Å². The molecule has 0 amide bonds. The lowest BCUT2D eigenvalue weighted by molar-refractivity contribution is -0.160. The zero-order valence-electron chi connectivity index (χ0n) is 14.4. The number of halogens is 1. The standard InChI is InChI=1S/C18H33NO2.ClH/c1-3-19(4-2)14-15-21-17(20)18(12-8-9-13-18)16-10-6-5-7-11-16;/h16H,3-15H2,1-2H3;1H. The summed E-state index contributed by atoms with van der Waals surface area (Å²) in [6.45, 7) is 7.82. The zero-order valence-corrected chi connectivity index (χ0v) is 15.3. The van der Waals surface area contributed by atoms with Gasteiger partial charge in [-0.15, -0.1) is 12.4 Å². The second-order valence-electron chi connectivity index (χ2n) is 6.86. The van der Waals surface area contributed by atoms with Crippen molar-refractivity contribution in [2.45, 2.75) is 71.6 Å². The normalized spacial score (nSPS) is 21.6. The molecule has 0 bridgehead atoms. The molecule has 0 aromatic heterocycles. The maximum atomic E-state index is 12.8. The molecule has 2 aliphatic carbocycles. The molecule has 0 unspecified atom stereocenters. The predicted octanol–water partition coefficient (Wildman–Crippen LogP) is 4.43. The summed E-state index contributed by atoms with van der Waals surface area (Å²) in [5.74, 6) is 0.716. The van der Waals surface area contributed by atoms with Gasteiger partial charge in [0.2, 0.25) is 0 Å². The van der Waals surface area contributed by atoms with Crippen molar-refractivity contribution in [2.75, 3.05) is 26.2 Å². The number of ether oxygens (including phenoxy) is 1. The minimum atomic E-state index is -0.121. The second-order valence-corrected chi connectivity index (χ2v) is 6.86. The second kappa shape index (κ2) is 9.77. The summed E-state index contributed by atoms with van der Waals surface area (Å²) in [5, 5.41) is 0. The van der Waals surface area contributed by atoms with Crippen LogP contribution >= 0.6 is 12.4 Å². The van der Waals surface area contributed by atoms with Crippen LogP contribution in [0.25, 0.3) is 0 Å². The van der Waals surface area contributed by atoms with E-state index < -0.39 is 0 Å². The number of hydrogen-bond donors (Lipinski definition) is 0. The molecule has 0 N–H and O–H groups in total. The first-order chi connectivity index (χ1) is 10.2. The monoisotopic (exact) mass is 331 g/mol.